The van der Waals surface area contributed by atoms with Gasteiger partial charge in [-0.1, -0.05) is 24.3 Å². The highest BCUT2D eigenvalue weighted by Gasteiger charge is 2.26. The van der Waals surface area contributed by atoms with E-state index in [-0.39, 0.29) is 18.1 Å². The maximum Gasteiger partial charge on any atom is 0.261 e. The molecule has 3 nitrogen and oxygen atoms in total. The fraction of sp³-hybridized carbons (Fsp3) is 0.421. The zero-order valence-corrected chi connectivity index (χ0v) is 14.1. The van der Waals surface area contributed by atoms with Crippen LogP contribution in [-0.2, 0) is 17.6 Å². The molecule has 0 saturated carbocycles. The highest BCUT2D eigenvalue weighted by Crippen LogP contribution is 2.39. The fourth-order valence-corrected chi connectivity index (χ4v) is 4.73. The van der Waals surface area contributed by atoms with Gasteiger partial charge in [0.05, 0.1) is 17.0 Å². The van der Waals surface area contributed by atoms with E-state index in [1.54, 1.807) is 11.3 Å². The maximum atomic E-state index is 12.6. The number of carbonyl (C=O) groups excluding carboxylic acids is 1. The van der Waals surface area contributed by atoms with E-state index < -0.39 is 0 Å². The van der Waals surface area contributed by atoms with Gasteiger partial charge in [-0.2, -0.15) is 0 Å². The van der Waals surface area contributed by atoms with Crippen LogP contribution in [0, 0.1) is 0 Å². The predicted molar refractivity (Wildman–Crippen MR) is 93.1 cm³/mol. The molecule has 0 bridgehead atoms. The van der Waals surface area contributed by atoms with Crippen LogP contribution in [-0.4, -0.2) is 24.7 Å². The van der Waals surface area contributed by atoms with Crippen LogP contribution in [0.4, 0.5) is 0 Å². The standard InChI is InChI=1S/C19H21NO2S/c1-12(16-7-4-10-22-16)20-19(21)17-11-14-9-8-13-5-2-3-6-15(13)18(14)23-17/h2-3,5-6,11-12,16H,4,7-10H2,1H3,(H,20,21). The van der Waals surface area contributed by atoms with E-state index in [1.807, 2.05) is 6.92 Å². The molecule has 2 aromatic rings. The zero-order chi connectivity index (χ0) is 15.8. The molecule has 0 radical (unpaired) electrons. The first kappa shape index (κ1) is 14.9. The second-order valence-corrected chi connectivity index (χ2v) is 7.49. The minimum atomic E-state index is 0.0323. The Morgan fingerprint density at radius 2 is 2.13 bits per heavy atom. The number of fused-ring (bicyclic) bond motifs is 3. The third-order valence-corrected chi connectivity index (χ3v) is 6.05. The van der Waals surface area contributed by atoms with Crippen LogP contribution in [0.25, 0.3) is 10.4 Å². The van der Waals surface area contributed by atoms with E-state index in [1.165, 1.54) is 21.6 Å². The van der Waals surface area contributed by atoms with Gasteiger partial charge in [-0.05, 0) is 55.4 Å². The molecule has 120 valence electrons. The number of thiophene rings is 1. The van der Waals surface area contributed by atoms with Crippen LogP contribution in [0.15, 0.2) is 30.3 Å². The molecule has 1 amide bonds. The van der Waals surface area contributed by atoms with Gasteiger partial charge in [0.2, 0.25) is 0 Å². The Bertz CT molecular complexity index is 731. The number of ether oxygens (including phenoxy) is 1. The topological polar surface area (TPSA) is 38.3 Å². The predicted octanol–water partition coefficient (Wildman–Crippen LogP) is 3.81. The van der Waals surface area contributed by atoms with Crippen molar-refractivity contribution in [3.63, 3.8) is 0 Å². The van der Waals surface area contributed by atoms with Gasteiger partial charge in [-0.15, -0.1) is 11.3 Å². The van der Waals surface area contributed by atoms with Gasteiger partial charge in [-0.3, -0.25) is 4.79 Å². The summed E-state index contributed by atoms with van der Waals surface area (Å²) in [4.78, 5) is 14.7. The summed E-state index contributed by atoms with van der Waals surface area (Å²) in [6.45, 7) is 2.85. The number of aryl methyl sites for hydroxylation is 2. The number of carbonyl (C=O) groups is 1. The van der Waals surface area contributed by atoms with Crippen molar-refractivity contribution in [3.8, 4) is 10.4 Å². The van der Waals surface area contributed by atoms with Gasteiger partial charge in [0.25, 0.3) is 5.91 Å². The highest BCUT2D eigenvalue weighted by molar-refractivity contribution is 7.17. The molecule has 2 atom stereocenters. The van der Waals surface area contributed by atoms with Gasteiger partial charge in [0.1, 0.15) is 0 Å². The lowest BCUT2D eigenvalue weighted by atomic mass is 9.91. The fourth-order valence-electron chi connectivity index (χ4n) is 3.55. The number of nitrogens with one attached hydrogen (secondary N) is 1. The molecule has 2 aliphatic rings. The molecule has 2 heterocycles. The Balaban J connectivity index is 1.55. The monoisotopic (exact) mass is 327 g/mol. The Kier molecular flexibility index (Phi) is 3.95. The number of hydrogen-bond acceptors (Lipinski definition) is 3. The van der Waals surface area contributed by atoms with Crippen LogP contribution in [0.5, 0.6) is 0 Å². The van der Waals surface area contributed by atoms with Crippen LogP contribution in [0.1, 0.15) is 40.6 Å². The van der Waals surface area contributed by atoms with Crippen molar-refractivity contribution in [3.05, 3.63) is 46.3 Å². The molecule has 0 spiro atoms. The Labute approximate surface area is 140 Å². The van der Waals surface area contributed by atoms with Gasteiger partial charge in [0, 0.05) is 11.5 Å². The lowest BCUT2D eigenvalue weighted by Crippen LogP contribution is -2.40. The molecular weight excluding hydrogens is 306 g/mol. The first-order valence-corrected chi connectivity index (χ1v) is 9.17. The van der Waals surface area contributed by atoms with Crippen LogP contribution in [0.2, 0.25) is 0 Å². The number of amides is 1. The van der Waals surface area contributed by atoms with E-state index in [0.29, 0.717) is 0 Å². The molecular formula is C19H21NO2S. The average Bonchev–Trinajstić information content (AvgIpc) is 3.24. The molecule has 23 heavy (non-hydrogen) atoms. The SMILES string of the molecule is CC(NC(=O)c1cc2c(s1)-c1ccccc1CC2)C1CCCO1. The number of rotatable bonds is 3. The molecule has 4 rings (SSSR count). The summed E-state index contributed by atoms with van der Waals surface area (Å²) in [5.41, 5.74) is 4.00. The largest absolute Gasteiger partial charge is 0.376 e. The van der Waals surface area contributed by atoms with Crippen LogP contribution >= 0.6 is 11.3 Å². The second kappa shape index (κ2) is 6.10. The van der Waals surface area contributed by atoms with Crippen molar-refractivity contribution in [2.24, 2.45) is 0 Å². The van der Waals surface area contributed by atoms with E-state index in [2.05, 4.69) is 35.6 Å². The average molecular weight is 327 g/mol. The van der Waals surface area contributed by atoms with Gasteiger partial charge in [-0.25, -0.2) is 0 Å². The van der Waals surface area contributed by atoms with E-state index >= 15 is 0 Å². The van der Waals surface area contributed by atoms with Crippen molar-refractivity contribution < 1.29 is 9.53 Å². The summed E-state index contributed by atoms with van der Waals surface area (Å²) in [5.74, 6) is 0.0323. The Morgan fingerprint density at radius 1 is 1.30 bits per heavy atom. The van der Waals surface area contributed by atoms with Crippen LogP contribution in [0.3, 0.4) is 0 Å². The molecule has 1 aliphatic carbocycles. The summed E-state index contributed by atoms with van der Waals surface area (Å²) in [6.07, 6.45) is 4.38. The van der Waals surface area contributed by atoms with Crippen molar-refractivity contribution in [1.82, 2.24) is 5.32 Å². The smallest absolute Gasteiger partial charge is 0.261 e. The van der Waals surface area contributed by atoms with Crippen molar-refractivity contribution in [2.45, 2.75) is 44.8 Å². The van der Waals surface area contributed by atoms with Gasteiger partial charge >= 0.3 is 0 Å². The van der Waals surface area contributed by atoms with E-state index in [4.69, 9.17) is 4.74 Å². The first-order chi connectivity index (χ1) is 11.2. The molecule has 1 aromatic heterocycles. The van der Waals surface area contributed by atoms with E-state index in [9.17, 15) is 4.79 Å². The minimum absolute atomic E-state index is 0.0323. The third kappa shape index (κ3) is 2.81. The third-order valence-electron chi connectivity index (χ3n) is 4.84. The molecule has 2 unspecified atom stereocenters. The van der Waals surface area contributed by atoms with Crippen molar-refractivity contribution in [1.29, 1.82) is 0 Å². The highest BCUT2D eigenvalue weighted by atomic mass is 32.1. The zero-order valence-electron chi connectivity index (χ0n) is 13.3. The summed E-state index contributed by atoms with van der Waals surface area (Å²) >= 11 is 1.62. The summed E-state index contributed by atoms with van der Waals surface area (Å²) < 4.78 is 5.67. The second-order valence-electron chi connectivity index (χ2n) is 6.44. The summed E-state index contributed by atoms with van der Waals surface area (Å²) in [5, 5.41) is 3.12. The molecule has 1 saturated heterocycles. The molecule has 4 heteroatoms. The van der Waals surface area contributed by atoms with Crippen LogP contribution < -0.4 is 5.32 Å². The lowest BCUT2D eigenvalue weighted by molar-refractivity contribution is 0.0714. The van der Waals surface area contributed by atoms with Gasteiger partial charge in [0.15, 0.2) is 0 Å². The summed E-state index contributed by atoms with van der Waals surface area (Å²) in [7, 11) is 0. The number of benzene rings is 1. The number of hydrogen-bond donors (Lipinski definition) is 1. The van der Waals surface area contributed by atoms with E-state index in [0.717, 1.165) is 37.2 Å². The molecule has 1 aromatic carbocycles. The molecule has 1 fully saturated rings. The lowest BCUT2D eigenvalue weighted by Gasteiger charge is -2.19. The molecule has 1 aliphatic heterocycles. The normalized spacial score (nSPS) is 20.7. The minimum Gasteiger partial charge on any atom is -0.376 e. The maximum absolute atomic E-state index is 12.6. The first-order valence-electron chi connectivity index (χ1n) is 8.36. The van der Waals surface area contributed by atoms with Crippen molar-refractivity contribution >= 4 is 17.2 Å². The molecule has 1 N–H and O–H groups in total. The Morgan fingerprint density at radius 3 is 2.96 bits per heavy atom. The van der Waals surface area contributed by atoms with Gasteiger partial charge < -0.3 is 10.1 Å². The summed E-state index contributed by atoms with van der Waals surface area (Å²) in [6, 6.07) is 10.7. The quantitative estimate of drug-likeness (QED) is 0.931. The Hall–Kier alpha value is -1.65. The van der Waals surface area contributed by atoms with Crippen molar-refractivity contribution in [2.75, 3.05) is 6.61 Å².